The Morgan fingerprint density at radius 1 is 0.944 bits per heavy atom. The highest BCUT2D eigenvalue weighted by atomic mass is 32.2. The number of methoxy groups -OCH3 is 1. The number of hydrogen-bond acceptors (Lipinski definition) is 4. The summed E-state index contributed by atoms with van der Waals surface area (Å²) in [6, 6.07) is 16.5. The molecule has 0 aliphatic heterocycles. The molecule has 9 heteroatoms. The van der Waals surface area contributed by atoms with Crippen molar-refractivity contribution in [1.29, 1.82) is 0 Å². The topological polar surface area (TPSA) is 80.3 Å². The van der Waals surface area contributed by atoms with Crippen molar-refractivity contribution in [2.75, 3.05) is 17.1 Å². The van der Waals surface area contributed by atoms with Gasteiger partial charge in [0.05, 0.1) is 24.1 Å². The largest absolute Gasteiger partial charge is 0.495 e. The number of carbonyl (C=O) groups excluding carboxylic acids is 1. The zero-order valence-corrected chi connectivity index (χ0v) is 20.6. The summed E-state index contributed by atoms with van der Waals surface area (Å²) < 4.78 is 49.2. The third-order valence-corrected chi connectivity index (χ3v) is 6.59. The molecule has 0 radical (unpaired) electrons. The molecule has 1 aromatic heterocycles. The number of para-hydroxylation sites is 1. The van der Waals surface area contributed by atoms with E-state index in [-0.39, 0.29) is 16.8 Å². The molecule has 4 rings (SSSR count). The SMILES string of the molecule is COc1ccc(NC(=O)c2cccnc2-c2cc(F)cc(F)c2)cc1S(=O)Nc1c(C)cccc1C. The van der Waals surface area contributed by atoms with Crippen molar-refractivity contribution in [1.82, 2.24) is 4.98 Å². The molecule has 0 fully saturated rings. The van der Waals surface area contributed by atoms with Crippen LogP contribution in [0.3, 0.4) is 0 Å². The molecule has 1 unspecified atom stereocenters. The lowest BCUT2D eigenvalue weighted by Crippen LogP contribution is -2.15. The van der Waals surface area contributed by atoms with Gasteiger partial charge in [0.1, 0.15) is 22.3 Å². The third kappa shape index (κ3) is 5.41. The van der Waals surface area contributed by atoms with Crippen LogP contribution in [0.15, 0.2) is 77.8 Å². The molecule has 184 valence electrons. The minimum Gasteiger partial charge on any atom is -0.495 e. The number of rotatable bonds is 7. The Kier molecular flexibility index (Phi) is 7.40. The van der Waals surface area contributed by atoms with Gasteiger partial charge in [-0.05, 0) is 67.4 Å². The van der Waals surface area contributed by atoms with Crippen molar-refractivity contribution < 1.29 is 22.5 Å². The van der Waals surface area contributed by atoms with Crippen LogP contribution < -0.4 is 14.8 Å². The van der Waals surface area contributed by atoms with Crippen LogP contribution in [-0.2, 0) is 11.0 Å². The molecule has 2 N–H and O–H groups in total. The van der Waals surface area contributed by atoms with E-state index in [1.807, 2.05) is 32.0 Å². The summed E-state index contributed by atoms with van der Waals surface area (Å²) in [4.78, 5) is 17.6. The molecule has 1 amide bonds. The number of aromatic nitrogens is 1. The first kappa shape index (κ1) is 25.0. The number of pyridine rings is 1. The number of ether oxygens (including phenoxy) is 1. The van der Waals surface area contributed by atoms with E-state index in [4.69, 9.17) is 4.74 Å². The Bertz CT molecular complexity index is 1440. The quantitative estimate of drug-likeness (QED) is 0.320. The fourth-order valence-corrected chi connectivity index (χ4v) is 4.92. The zero-order chi connectivity index (χ0) is 25.8. The van der Waals surface area contributed by atoms with Crippen molar-refractivity contribution in [3.8, 4) is 17.0 Å². The van der Waals surface area contributed by atoms with Crippen LogP contribution in [0.25, 0.3) is 11.3 Å². The molecule has 0 spiro atoms. The maximum Gasteiger partial charge on any atom is 0.257 e. The lowest BCUT2D eigenvalue weighted by atomic mass is 10.0. The molecular formula is C27H23F2N3O3S. The number of halogens is 2. The van der Waals surface area contributed by atoms with Gasteiger partial charge in [0.15, 0.2) is 11.0 Å². The minimum atomic E-state index is -1.70. The summed E-state index contributed by atoms with van der Waals surface area (Å²) in [6.07, 6.45) is 1.43. The van der Waals surface area contributed by atoms with Crippen LogP contribution in [0, 0.1) is 25.5 Å². The Morgan fingerprint density at radius 2 is 1.64 bits per heavy atom. The van der Waals surface area contributed by atoms with Crippen LogP contribution in [0.1, 0.15) is 21.5 Å². The molecule has 1 heterocycles. The summed E-state index contributed by atoms with van der Waals surface area (Å²) in [5.74, 6) is -1.73. The van der Waals surface area contributed by atoms with Gasteiger partial charge in [-0.3, -0.25) is 9.78 Å². The normalized spacial score (nSPS) is 11.6. The number of nitrogens with one attached hydrogen (secondary N) is 2. The van der Waals surface area contributed by atoms with E-state index >= 15 is 0 Å². The number of benzene rings is 3. The van der Waals surface area contributed by atoms with Crippen molar-refractivity contribution >= 4 is 28.3 Å². The number of anilines is 2. The van der Waals surface area contributed by atoms with Gasteiger partial charge in [0.2, 0.25) is 0 Å². The van der Waals surface area contributed by atoms with E-state index in [2.05, 4.69) is 15.0 Å². The predicted octanol–water partition coefficient (Wildman–Crippen LogP) is 6.04. The summed E-state index contributed by atoms with van der Waals surface area (Å²) in [7, 11) is -0.232. The van der Waals surface area contributed by atoms with Crippen LogP contribution in [0.5, 0.6) is 5.75 Å². The van der Waals surface area contributed by atoms with Crippen molar-refractivity contribution in [2.24, 2.45) is 0 Å². The Balaban J connectivity index is 1.64. The summed E-state index contributed by atoms with van der Waals surface area (Å²) in [5.41, 5.74) is 3.35. The molecule has 0 saturated heterocycles. The molecule has 0 aliphatic rings. The van der Waals surface area contributed by atoms with Gasteiger partial charge in [0.25, 0.3) is 5.91 Å². The van der Waals surface area contributed by atoms with E-state index in [1.165, 1.54) is 19.4 Å². The van der Waals surface area contributed by atoms with Crippen molar-refractivity contribution in [3.05, 3.63) is 101 Å². The van der Waals surface area contributed by atoms with Gasteiger partial charge in [-0.1, -0.05) is 18.2 Å². The first-order chi connectivity index (χ1) is 17.3. The molecule has 36 heavy (non-hydrogen) atoms. The number of carbonyl (C=O) groups is 1. The van der Waals surface area contributed by atoms with E-state index in [9.17, 15) is 17.8 Å². The van der Waals surface area contributed by atoms with Gasteiger partial charge >= 0.3 is 0 Å². The Morgan fingerprint density at radius 3 is 2.31 bits per heavy atom. The lowest BCUT2D eigenvalue weighted by molar-refractivity contribution is 0.102. The summed E-state index contributed by atoms with van der Waals surface area (Å²) in [6.45, 7) is 3.83. The molecule has 0 aliphatic carbocycles. The van der Waals surface area contributed by atoms with Crippen LogP contribution in [-0.4, -0.2) is 22.2 Å². The highest BCUT2D eigenvalue weighted by Crippen LogP contribution is 2.30. The molecule has 0 saturated carbocycles. The Labute approximate surface area is 209 Å². The lowest BCUT2D eigenvalue weighted by Gasteiger charge is -2.15. The maximum absolute atomic E-state index is 13.8. The number of hydrogen-bond donors (Lipinski definition) is 2. The zero-order valence-electron chi connectivity index (χ0n) is 19.8. The predicted molar refractivity (Wildman–Crippen MR) is 136 cm³/mol. The molecule has 3 aromatic carbocycles. The monoisotopic (exact) mass is 507 g/mol. The van der Waals surface area contributed by atoms with Gasteiger partial charge < -0.3 is 14.8 Å². The molecular weight excluding hydrogens is 484 g/mol. The highest BCUT2D eigenvalue weighted by molar-refractivity contribution is 7.86. The van der Waals surface area contributed by atoms with Crippen molar-refractivity contribution in [3.63, 3.8) is 0 Å². The summed E-state index contributed by atoms with van der Waals surface area (Å²) in [5, 5.41) is 2.75. The van der Waals surface area contributed by atoms with E-state index < -0.39 is 28.5 Å². The standard InChI is InChI=1S/C27H23F2N3O3S/c1-16-6-4-7-17(2)25(16)32-36(34)24-15-21(9-10-23(24)35-3)31-27(33)22-8-5-11-30-26(22)18-12-19(28)14-20(29)13-18/h4-15,32H,1-3H3,(H,31,33). The number of nitrogens with zero attached hydrogens (tertiary/aromatic N) is 1. The van der Waals surface area contributed by atoms with E-state index in [1.54, 1.807) is 24.3 Å². The highest BCUT2D eigenvalue weighted by Gasteiger charge is 2.18. The van der Waals surface area contributed by atoms with Gasteiger partial charge in [-0.15, -0.1) is 0 Å². The first-order valence-electron chi connectivity index (χ1n) is 10.9. The smallest absolute Gasteiger partial charge is 0.257 e. The summed E-state index contributed by atoms with van der Waals surface area (Å²) >= 11 is 0. The second-order valence-corrected chi connectivity index (χ2v) is 9.20. The second-order valence-electron chi connectivity index (χ2n) is 8.02. The Hall–Kier alpha value is -4.11. The molecule has 0 bridgehead atoms. The van der Waals surface area contributed by atoms with E-state index in [0.717, 1.165) is 35.0 Å². The first-order valence-corrected chi connectivity index (χ1v) is 12.1. The molecule has 6 nitrogen and oxygen atoms in total. The van der Waals surface area contributed by atoms with Gasteiger partial charge in [-0.25, -0.2) is 13.0 Å². The molecule has 1 atom stereocenters. The maximum atomic E-state index is 13.8. The van der Waals surface area contributed by atoms with Crippen molar-refractivity contribution in [2.45, 2.75) is 18.7 Å². The second kappa shape index (κ2) is 10.7. The van der Waals surface area contributed by atoms with Crippen LogP contribution in [0.4, 0.5) is 20.2 Å². The number of aryl methyl sites for hydroxylation is 2. The third-order valence-electron chi connectivity index (χ3n) is 5.49. The fraction of sp³-hybridized carbons (Fsp3) is 0.111. The van der Waals surface area contributed by atoms with Gasteiger partial charge in [-0.2, -0.15) is 0 Å². The van der Waals surface area contributed by atoms with Crippen LogP contribution in [0.2, 0.25) is 0 Å². The van der Waals surface area contributed by atoms with Gasteiger partial charge in [0, 0.05) is 23.5 Å². The minimum absolute atomic E-state index is 0.120. The van der Waals surface area contributed by atoms with E-state index in [0.29, 0.717) is 16.3 Å². The average Bonchev–Trinajstić information content (AvgIpc) is 2.85. The van der Waals surface area contributed by atoms with Crippen LogP contribution >= 0.6 is 0 Å². The number of amides is 1. The average molecular weight is 508 g/mol. The fourth-order valence-electron chi connectivity index (χ4n) is 3.73. The molecule has 4 aromatic rings.